The first kappa shape index (κ1) is 18.5. The zero-order valence-corrected chi connectivity index (χ0v) is 16.3. The summed E-state index contributed by atoms with van der Waals surface area (Å²) in [6.07, 6.45) is 1.35. The van der Waals surface area contributed by atoms with Crippen molar-refractivity contribution in [3.05, 3.63) is 52.2 Å². The first-order valence-corrected chi connectivity index (χ1v) is 9.42. The average Bonchev–Trinajstić information content (AvgIpc) is 3.14. The summed E-state index contributed by atoms with van der Waals surface area (Å²) in [5, 5.41) is 2.19. The number of carbonyl (C=O) groups excluding carboxylic acids is 3. The van der Waals surface area contributed by atoms with E-state index in [1.807, 2.05) is 4.90 Å². The lowest BCUT2D eigenvalue weighted by Crippen LogP contribution is -2.54. The van der Waals surface area contributed by atoms with E-state index in [-0.39, 0.29) is 5.57 Å². The van der Waals surface area contributed by atoms with Crippen molar-refractivity contribution in [2.24, 2.45) is 0 Å². The molecule has 1 aromatic heterocycles. The molecule has 2 aromatic rings. The number of nitrogens with one attached hydrogen (secondary N) is 1. The van der Waals surface area contributed by atoms with Gasteiger partial charge in [-0.15, -0.1) is 0 Å². The molecule has 2 aliphatic rings. The minimum absolute atomic E-state index is 0.178. The van der Waals surface area contributed by atoms with Crippen LogP contribution in [0.2, 0.25) is 0 Å². The van der Waals surface area contributed by atoms with Gasteiger partial charge in [0.05, 0.1) is 18.9 Å². The second-order valence-corrected chi connectivity index (χ2v) is 7.13. The number of urea groups is 1. The summed E-state index contributed by atoms with van der Waals surface area (Å²) in [6, 6.07) is 9.36. The minimum Gasteiger partial charge on any atom is -0.441 e. The standard InChI is InChI=1S/C19H16BrN3O5/c20-12-2-1-3-13(10-12)23-18(25)15(17(24)21-19(23)26)11-14-4-5-16(28-14)22-6-8-27-9-7-22/h1-5,10-11H,6-9H2,(H,21,24,26). The molecule has 4 amide bonds. The second kappa shape index (κ2) is 7.61. The van der Waals surface area contributed by atoms with E-state index in [1.54, 1.807) is 36.4 Å². The SMILES string of the molecule is O=C1NC(=O)N(c2cccc(Br)c2)C(=O)C1=Cc1ccc(N2CCOCC2)o1. The van der Waals surface area contributed by atoms with E-state index in [0.29, 0.717) is 48.1 Å². The van der Waals surface area contributed by atoms with Gasteiger partial charge in [-0.2, -0.15) is 0 Å². The number of anilines is 2. The third-order valence-corrected chi connectivity index (χ3v) is 4.88. The topological polar surface area (TPSA) is 92.1 Å². The molecule has 8 nitrogen and oxygen atoms in total. The van der Waals surface area contributed by atoms with Crippen LogP contribution in [0.5, 0.6) is 0 Å². The number of benzene rings is 1. The van der Waals surface area contributed by atoms with Crippen LogP contribution in [0.3, 0.4) is 0 Å². The fraction of sp³-hybridized carbons (Fsp3) is 0.211. The largest absolute Gasteiger partial charge is 0.441 e. The van der Waals surface area contributed by atoms with Crippen LogP contribution in [0.1, 0.15) is 5.76 Å². The van der Waals surface area contributed by atoms with E-state index >= 15 is 0 Å². The first-order chi connectivity index (χ1) is 13.5. The normalized spacial score (nSPS) is 19.3. The van der Waals surface area contributed by atoms with E-state index in [2.05, 4.69) is 21.2 Å². The van der Waals surface area contributed by atoms with Crippen molar-refractivity contribution < 1.29 is 23.5 Å². The van der Waals surface area contributed by atoms with E-state index in [4.69, 9.17) is 9.15 Å². The van der Waals surface area contributed by atoms with Crippen LogP contribution in [0.25, 0.3) is 6.08 Å². The van der Waals surface area contributed by atoms with Crippen LogP contribution in [0, 0.1) is 0 Å². The summed E-state index contributed by atoms with van der Waals surface area (Å²) in [4.78, 5) is 40.3. The van der Waals surface area contributed by atoms with Gasteiger partial charge >= 0.3 is 6.03 Å². The molecule has 144 valence electrons. The maximum Gasteiger partial charge on any atom is 0.335 e. The Hall–Kier alpha value is -2.91. The van der Waals surface area contributed by atoms with E-state index in [1.165, 1.54) is 6.08 Å². The maximum absolute atomic E-state index is 12.9. The van der Waals surface area contributed by atoms with E-state index < -0.39 is 17.8 Å². The summed E-state index contributed by atoms with van der Waals surface area (Å²) in [5.74, 6) is -0.482. The number of furan rings is 1. The van der Waals surface area contributed by atoms with Gasteiger partial charge in [0, 0.05) is 23.6 Å². The Labute approximate surface area is 168 Å². The number of imide groups is 2. The Balaban J connectivity index is 1.63. The lowest BCUT2D eigenvalue weighted by atomic mass is 10.1. The highest BCUT2D eigenvalue weighted by Crippen LogP contribution is 2.26. The van der Waals surface area contributed by atoms with Crippen molar-refractivity contribution in [2.45, 2.75) is 0 Å². The van der Waals surface area contributed by atoms with Crippen molar-refractivity contribution in [1.29, 1.82) is 0 Å². The highest BCUT2D eigenvalue weighted by atomic mass is 79.9. The molecule has 28 heavy (non-hydrogen) atoms. The molecule has 4 rings (SSSR count). The molecular formula is C19H16BrN3O5. The molecule has 9 heteroatoms. The Bertz CT molecular complexity index is 977. The molecule has 0 atom stereocenters. The molecule has 0 aliphatic carbocycles. The predicted octanol–water partition coefficient (Wildman–Crippen LogP) is 2.55. The van der Waals surface area contributed by atoms with Gasteiger partial charge in [0.25, 0.3) is 11.8 Å². The van der Waals surface area contributed by atoms with Gasteiger partial charge in [-0.1, -0.05) is 22.0 Å². The van der Waals surface area contributed by atoms with Gasteiger partial charge < -0.3 is 14.1 Å². The second-order valence-electron chi connectivity index (χ2n) is 6.21. The van der Waals surface area contributed by atoms with Crippen LogP contribution in [0.15, 0.2) is 50.9 Å². The Kier molecular flexibility index (Phi) is 5.01. The smallest absolute Gasteiger partial charge is 0.335 e. The zero-order chi connectivity index (χ0) is 19.7. The molecule has 3 heterocycles. The molecule has 2 saturated heterocycles. The number of barbiturate groups is 1. The van der Waals surface area contributed by atoms with Gasteiger partial charge in [-0.25, -0.2) is 9.69 Å². The first-order valence-electron chi connectivity index (χ1n) is 8.62. The summed E-state index contributed by atoms with van der Waals surface area (Å²) >= 11 is 3.31. The highest BCUT2D eigenvalue weighted by Gasteiger charge is 2.37. The minimum atomic E-state index is -0.793. The van der Waals surface area contributed by atoms with Gasteiger partial charge in [0.2, 0.25) is 0 Å². The van der Waals surface area contributed by atoms with Crippen LogP contribution in [-0.4, -0.2) is 44.1 Å². The van der Waals surface area contributed by atoms with Gasteiger partial charge in [-0.3, -0.25) is 14.9 Å². The van der Waals surface area contributed by atoms with E-state index in [0.717, 1.165) is 4.90 Å². The van der Waals surface area contributed by atoms with Crippen LogP contribution in [-0.2, 0) is 14.3 Å². The van der Waals surface area contributed by atoms with Crippen LogP contribution in [0.4, 0.5) is 16.4 Å². The van der Waals surface area contributed by atoms with Crippen molar-refractivity contribution >= 4 is 51.4 Å². The fourth-order valence-corrected chi connectivity index (χ4v) is 3.41. The quantitative estimate of drug-likeness (QED) is 0.576. The lowest BCUT2D eigenvalue weighted by Gasteiger charge is -2.26. The molecule has 0 spiro atoms. The highest BCUT2D eigenvalue weighted by molar-refractivity contribution is 9.10. The summed E-state index contributed by atoms with van der Waals surface area (Å²) in [5.41, 5.74) is 0.172. The maximum atomic E-state index is 12.9. The Morgan fingerprint density at radius 3 is 2.61 bits per heavy atom. The number of rotatable bonds is 3. The molecule has 2 fully saturated rings. The molecular weight excluding hydrogens is 430 g/mol. The monoisotopic (exact) mass is 445 g/mol. The number of carbonyl (C=O) groups is 3. The number of amides is 4. The third kappa shape index (κ3) is 3.58. The van der Waals surface area contributed by atoms with Crippen molar-refractivity contribution in [3.63, 3.8) is 0 Å². The zero-order valence-electron chi connectivity index (χ0n) is 14.7. The number of nitrogens with zero attached hydrogens (tertiary/aromatic N) is 2. The fourth-order valence-electron chi connectivity index (χ4n) is 3.02. The number of hydrogen-bond acceptors (Lipinski definition) is 6. The lowest BCUT2D eigenvalue weighted by molar-refractivity contribution is -0.122. The van der Waals surface area contributed by atoms with Crippen molar-refractivity contribution in [2.75, 3.05) is 36.1 Å². The molecule has 1 aromatic carbocycles. The summed E-state index contributed by atoms with van der Waals surface area (Å²) < 4.78 is 11.8. The number of morpholine rings is 1. The van der Waals surface area contributed by atoms with Crippen LogP contribution < -0.4 is 15.1 Å². The molecule has 2 aliphatic heterocycles. The number of ether oxygens (including phenoxy) is 1. The van der Waals surface area contributed by atoms with Crippen molar-refractivity contribution in [1.82, 2.24) is 5.32 Å². The number of halogens is 1. The Morgan fingerprint density at radius 1 is 1.07 bits per heavy atom. The molecule has 0 radical (unpaired) electrons. The Morgan fingerprint density at radius 2 is 1.86 bits per heavy atom. The predicted molar refractivity (Wildman–Crippen MR) is 105 cm³/mol. The van der Waals surface area contributed by atoms with Crippen LogP contribution >= 0.6 is 15.9 Å². The third-order valence-electron chi connectivity index (χ3n) is 4.39. The average molecular weight is 446 g/mol. The molecule has 1 N–H and O–H groups in total. The van der Waals surface area contributed by atoms with Gasteiger partial charge in [-0.05, 0) is 30.3 Å². The molecule has 0 bridgehead atoms. The van der Waals surface area contributed by atoms with Gasteiger partial charge in [0.1, 0.15) is 11.3 Å². The molecule has 0 saturated carbocycles. The number of hydrogen-bond donors (Lipinski definition) is 1. The molecule has 0 unspecified atom stereocenters. The van der Waals surface area contributed by atoms with Crippen molar-refractivity contribution in [3.8, 4) is 0 Å². The summed E-state index contributed by atoms with van der Waals surface area (Å²) in [7, 11) is 0. The summed E-state index contributed by atoms with van der Waals surface area (Å²) in [6.45, 7) is 2.63. The van der Waals surface area contributed by atoms with Gasteiger partial charge in [0.15, 0.2) is 5.88 Å². The van der Waals surface area contributed by atoms with E-state index in [9.17, 15) is 14.4 Å².